The summed E-state index contributed by atoms with van der Waals surface area (Å²) >= 11 is 37.3. The molecule has 0 saturated carbocycles. The average molecular weight is 541 g/mol. The standard InChI is InChI=1S/C20H9Cl6O3P/c21-10-7-4-8-11(22)12(10)20(28)30(29)19-16(25)14(23)13(15(24)17(19)26)18(27)9-5-2-1-3-6-9/h1-8,30H. The van der Waals surface area contributed by atoms with Gasteiger partial charge in [0.1, 0.15) is 0 Å². The SMILES string of the molecule is O=C(c1ccccc1)c1c(Cl)c(Cl)c([PH](=O)C(=O)c2c(Cl)cccc2Cl)c(Cl)c1Cl. The van der Waals surface area contributed by atoms with E-state index in [0.717, 1.165) is 0 Å². The van der Waals surface area contributed by atoms with E-state index in [4.69, 9.17) is 69.6 Å². The molecule has 0 N–H and O–H groups in total. The van der Waals surface area contributed by atoms with E-state index in [1.165, 1.54) is 18.2 Å². The van der Waals surface area contributed by atoms with E-state index in [9.17, 15) is 14.2 Å². The Bertz CT molecular complexity index is 1160. The second kappa shape index (κ2) is 9.63. The van der Waals surface area contributed by atoms with Crippen LogP contribution in [0.15, 0.2) is 48.5 Å². The van der Waals surface area contributed by atoms with Crippen LogP contribution in [0, 0.1) is 0 Å². The van der Waals surface area contributed by atoms with Gasteiger partial charge in [0.05, 0.1) is 46.6 Å². The fourth-order valence-corrected chi connectivity index (χ4v) is 6.50. The van der Waals surface area contributed by atoms with Crippen LogP contribution in [0.5, 0.6) is 0 Å². The molecule has 0 spiro atoms. The maximum atomic E-state index is 13.1. The van der Waals surface area contributed by atoms with Gasteiger partial charge in [0, 0.05) is 5.56 Å². The van der Waals surface area contributed by atoms with Crippen molar-refractivity contribution in [1.82, 2.24) is 0 Å². The van der Waals surface area contributed by atoms with Gasteiger partial charge in [0.25, 0.3) is 0 Å². The van der Waals surface area contributed by atoms with Crippen LogP contribution in [-0.2, 0) is 4.57 Å². The predicted octanol–water partition coefficient (Wildman–Crippen LogP) is 7.86. The summed E-state index contributed by atoms with van der Waals surface area (Å²) in [4.78, 5) is 25.7. The van der Waals surface area contributed by atoms with Crippen LogP contribution in [0.3, 0.4) is 0 Å². The van der Waals surface area contributed by atoms with Gasteiger partial charge in [-0.1, -0.05) is 106 Å². The largest absolute Gasteiger partial charge is 0.313 e. The number of rotatable bonds is 5. The predicted molar refractivity (Wildman–Crippen MR) is 126 cm³/mol. The molecule has 0 aliphatic carbocycles. The molecule has 0 heterocycles. The summed E-state index contributed by atoms with van der Waals surface area (Å²) in [5, 5.41) is -1.34. The van der Waals surface area contributed by atoms with E-state index in [1.807, 2.05) is 0 Å². The van der Waals surface area contributed by atoms with E-state index in [2.05, 4.69) is 0 Å². The molecule has 154 valence electrons. The van der Waals surface area contributed by atoms with Crippen LogP contribution in [-0.4, -0.2) is 11.3 Å². The van der Waals surface area contributed by atoms with Gasteiger partial charge in [-0.15, -0.1) is 0 Å². The van der Waals surface area contributed by atoms with Crippen LogP contribution in [0.25, 0.3) is 0 Å². The third-order valence-corrected chi connectivity index (χ3v) is 8.42. The van der Waals surface area contributed by atoms with Crippen molar-refractivity contribution >= 4 is 94.0 Å². The Morgan fingerprint density at radius 3 is 1.63 bits per heavy atom. The first kappa shape index (κ1) is 23.6. The lowest BCUT2D eigenvalue weighted by atomic mass is 10.0. The summed E-state index contributed by atoms with van der Waals surface area (Å²) in [6.07, 6.45) is 0. The van der Waals surface area contributed by atoms with Gasteiger partial charge in [0.15, 0.2) is 13.6 Å². The third kappa shape index (κ3) is 4.31. The molecule has 0 amide bonds. The van der Waals surface area contributed by atoms with Gasteiger partial charge in [-0.3, -0.25) is 9.59 Å². The number of benzene rings is 3. The molecule has 0 aromatic heterocycles. The van der Waals surface area contributed by atoms with Crippen LogP contribution >= 0.6 is 77.4 Å². The van der Waals surface area contributed by atoms with E-state index in [1.54, 1.807) is 30.3 Å². The molecular formula is C20H9Cl6O3P. The van der Waals surface area contributed by atoms with Crippen molar-refractivity contribution in [1.29, 1.82) is 0 Å². The molecule has 3 aromatic rings. The molecule has 1 unspecified atom stereocenters. The van der Waals surface area contributed by atoms with E-state index in [-0.39, 0.29) is 46.6 Å². The molecule has 3 aromatic carbocycles. The zero-order valence-electron chi connectivity index (χ0n) is 14.6. The van der Waals surface area contributed by atoms with E-state index < -0.39 is 19.1 Å². The highest BCUT2D eigenvalue weighted by Crippen LogP contribution is 2.44. The minimum atomic E-state index is -3.35. The summed E-state index contributed by atoms with van der Waals surface area (Å²) in [7, 11) is -3.35. The lowest BCUT2D eigenvalue weighted by molar-refractivity contribution is 0.103. The van der Waals surface area contributed by atoms with Crippen molar-refractivity contribution in [2.24, 2.45) is 0 Å². The molecule has 3 rings (SSSR count). The number of ketones is 1. The van der Waals surface area contributed by atoms with Crippen LogP contribution in [0.1, 0.15) is 26.3 Å². The Morgan fingerprint density at radius 1 is 0.633 bits per heavy atom. The van der Waals surface area contributed by atoms with Crippen LogP contribution in [0.2, 0.25) is 30.1 Å². The highest BCUT2D eigenvalue weighted by Gasteiger charge is 2.31. The monoisotopic (exact) mass is 538 g/mol. The Hall–Kier alpha value is -1.03. The highest BCUT2D eigenvalue weighted by atomic mass is 35.5. The molecular weight excluding hydrogens is 532 g/mol. The molecule has 30 heavy (non-hydrogen) atoms. The first-order valence-corrected chi connectivity index (χ1v) is 11.8. The molecule has 0 bridgehead atoms. The Morgan fingerprint density at radius 2 is 1.13 bits per heavy atom. The minimum absolute atomic E-state index is 0.0196. The van der Waals surface area contributed by atoms with Crippen molar-refractivity contribution in [2.75, 3.05) is 0 Å². The lowest BCUT2D eigenvalue weighted by Crippen LogP contribution is -2.13. The van der Waals surface area contributed by atoms with Crippen molar-refractivity contribution in [3.05, 3.63) is 95.4 Å². The normalized spacial score (nSPS) is 11.9. The molecule has 0 radical (unpaired) electrons. The summed E-state index contributed by atoms with van der Waals surface area (Å²) in [6, 6.07) is 12.6. The summed E-state index contributed by atoms with van der Waals surface area (Å²) in [5.74, 6) is -0.527. The summed E-state index contributed by atoms with van der Waals surface area (Å²) in [6.45, 7) is 0. The quantitative estimate of drug-likeness (QED) is 0.188. The molecule has 3 nitrogen and oxygen atoms in total. The summed E-state index contributed by atoms with van der Waals surface area (Å²) in [5.41, 5.74) is -0.851. The first-order valence-electron chi connectivity index (χ1n) is 8.15. The number of hydrogen-bond donors (Lipinski definition) is 0. The van der Waals surface area contributed by atoms with Crippen molar-refractivity contribution in [3.63, 3.8) is 0 Å². The van der Waals surface area contributed by atoms with Crippen LogP contribution in [0.4, 0.5) is 0 Å². The minimum Gasteiger partial charge on any atom is -0.313 e. The van der Waals surface area contributed by atoms with Crippen LogP contribution < -0.4 is 5.30 Å². The molecule has 1 atom stereocenters. The zero-order valence-corrected chi connectivity index (χ0v) is 20.1. The Kier molecular flexibility index (Phi) is 7.58. The second-order valence-electron chi connectivity index (χ2n) is 5.96. The maximum absolute atomic E-state index is 13.1. The molecule has 10 heteroatoms. The Labute approximate surface area is 202 Å². The molecule has 0 saturated heterocycles. The van der Waals surface area contributed by atoms with Gasteiger partial charge in [-0.05, 0) is 12.1 Å². The van der Waals surface area contributed by atoms with E-state index >= 15 is 0 Å². The van der Waals surface area contributed by atoms with Crippen molar-refractivity contribution in [2.45, 2.75) is 0 Å². The van der Waals surface area contributed by atoms with Gasteiger partial charge in [-0.2, -0.15) is 0 Å². The fourth-order valence-electron chi connectivity index (χ4n) is 2.71. The third-order valence-electron chi connectivity index (χ3n) is 4.15. The van der Waals surface area contributed by atoms with E-state index in [0.29, 0.717) is 5.56 Å². The van der Waals surface area contributed by atoms with Gasteiger partial charge in [0.2, 0.25) is 5.52 Å². The molecule has 0 aliphatic rings. The number of halogens is 6. The fraction of sp³-hybridized carbons (Fsp3) is 0. The van der Waals surface area contributed by atoms with Gasteiger partial charge in [-0.25, -0.2) is 0 Å². The number of carbonyl (C=O) groups is 2. The first-order chi connectivity index (χ1) is 14.2. The number of carbonyl (C=O) groups excluding carboxylic acids is 2. The van der Waals surface area contributed by atoms with Crippen molar-refractivity contribution < 1.29 is 14.2 Å². The number of hydrogen-bond acceptors (Lipinski definition) is 3. The summed E-state index contributed by atoms with van der Waals surface area (Å²) < 4.78 is 13.1. The molecule has 0 aliphatic heterocycles. The highest BCUT2D eigenvalue weighted by molar-refractivity contribution is 7.72. The lowest BCUT2D eigenvalue weighted by Gasteiger charge is -2.15. The maximum Gasteiger partial charge on any atom is 0.225 e. The smallest absolute Gasteiger partial charge is 0.225 e. The average Bonchev–Trinajstić information content (AvgIpc) is 2.72. The molecule has 0 fully saturated rings. The zero-order chi connectivity index (χ0) is 22.2. The van der Waals surface area contributed by atoms with Crippen molar-refractivity contribution in [3.8, 4) is 0 Å². The van der Waals surface area contributed by atoms with Gasteiger partial charge < -0.3 is 4.57 Å². The van der Waals surface area contributed by atoms with Gasteiger partial charge >= 0.3 is 0 Å². The second-order valence-corrected chi connectivity index (χ2v) is 9.89. The topological polar surface area (TPSA) is 51.2 Å². The Balaban J connectivity index is 2.15.